The third-order valence-corrected chi connectivity index (χ3v) is 7.76. The van der Waals surface area contributed by atoms with Gasteiger partial charge >= 0.3 is 5.97 Å². The van der Waals surface area contributed by atoms with Crippen LogP contribution in [0.25, 0.3) is 10.9 Å². The fourth-order valence-electron chi connectivity index (χ4n) is 4.99. The first-order valence-electron chi connectivity index (χ1n) is 12.3. The third kappa shape index (κ3) is 6.21. The molecule has 0 bridgehead atoms. The average Bonchev–Trinajstić information content (AvgIpc) is 3.48. The van der Waals surface area contributed by atoms with Crippen molar-refractivity contribution in [1.29, 1.82) is 0 Å². The molecular formula is C25H32ClN5O3S. The summed E-state index contributed by atoms with van der Waals surface area (Å²) in [7, 11) is 0. The number of halogens is 1. The Morgan fingerprint density at radius 1 is 1.17 bits per heavy atom. The van der Waals surface area contributed by atoms with Gasteiger partial charge in [-0.1, -0.05) is 29.8 Å². The molecule has 5 rings (SSSR count). The number of ether oxygens (including phenoxy) is 2. The molecule has 0 amide bonds. The highest BCUT2D eigenvalue weighted by Gasteiger charge is 2.32. The molecule has 3 unspecified atom stereocenters. The highest BCUT2D eigenvalue weighted by atomic mass is 35.5. The third-order valence-electron chi connectivity index (χ3n) is 6.77. The van der Waals surface area contributed by atoms with Gasteiger partial charge in [-0.05, 0) is 54.7 Å². The number of hydrogen-bond donors (Lipinski definition) is 0. The Morgan fingerprint density at radius 3 is 2.80 bits per heavy atom. The van der Waals surface area contributed by atoms with Gasteiger partial charge in [0.2, 0.25) is 0 Å². The molecule has 0 N–H and O–H groups in total. The second-order valence-electron chi connectivity index (χ2n) is 9.30. The standard InChI is InChI=1S/C25H32ClN5O3S/c1-2-33-24(32)17-30-11-9-29(10-12-30)16-23-27-25(28-35-23)21-13-18(14-22(26)34-21)15-31-8-7-19-5-3-4-6-20(19)31/h3-8,18,21-22H,2,9-17H2,1H3. The van der Waals surface area contributed by atoms with E-state index in [-0.39, 0.29) is 17.6 Å². The van der Waals surface area contributed by atoms with Crippen molar-refractivity contribution in [2.75, 3.05) is 39.3 Å². The van der Waals surface area contributed by atoms with Crippen LogP contribution in [0.4, 0.5) is 0 Å². The molecule has 0 aliphatic carbocycles. The van der Waals surface area contributed by atoms with Gasteiger partial charge < -0.3 is 14.0 Å². The van der Waals surface area contributed by atoms with Gasteiger partial charge in [0.05, 0.1) is 19.7 Å². The van der Waals surface area contributed by atoms with Gasteiger partial charge in [0.1, 0.15) is 16.7 Å². The summed E-state index contributed by atoms with van der Waals surface area (Å²) < 4.78 is 18.1. The van der Waals surface area contributed by atoms with Gasteiger partial charge in [-0.15, -0.1) is 0 Å². The monoisotopic (exact) mass is 517 g/mol. The molecule has 3 atom stereocenters. The predicted octanol–water partition coefficient (Wildman–Crippen LogP) is 3.91. The number of hydrogen-bond acceptors (Lipinski definition) is 8. The van der Waals surface area contributed by atoms with Crippen LogP contribution in [0.5, 0.6) is 0 Å². The number of nitrogens with zero attached hydrogens (tertiary/aromatic N) is 5. The van der Waals surface area contributed by atoms with Gasteiger partial charge in [-0.2, -0.15) is 4.37 Å². The van der Waals surface area contributed by atoms with Gasteiger partial charge in [0, 0.05) is 44.4 Å². The Labute approximate surface area is 214 Å². The minimum Gasteiger partial charge on any atom is -0.465 e. The molecule has 3 aromatic rings. The van der Waals surface area contributed by atoms with Gasteiger partial charge in [0.15, 0.2) is 5.82 Å². The molecule has 4 heterocycles. The van der Waals surface area contributed by atoms with Crippen molar-refractivity contribution >= 4 is 40.0 Å². The summed E-state index contributed by atoms with van der Waals surface area (Å²) in [5.41, 5.74) is 0.915. The normalized spacial score (nSPS) is 24.1. The predicted molar refractivity (Wildman–Crippen MR) is 136 cm³/mol. The molecule has 0 radical (unpaired) electrons. The van der Waals surface area contributed by atoms with Crippen molar-refractivity contribution in [3.8, 4) is 0 Å². The van der Waals surface area contributed by atoms with E-state index < -0.39 is 0 Å². The topological polar surface area (TPSA) is 72.7 Å². The smallest absolute Gasteiger partial charge is 0.320 e. The second-order valence-corrected chi connectivity index (χ2v) is 10.6. The Balaban J connectivity index is 1.15. The number of piperazine rings is 1. The van der Waals surface area contributed by atoms with Crippen LogP contribution in [0.2, 0.25) is 0 Å². The highest BCUT2D eigenvalue weighted by molar-refractivity contribution is 7.05. The zero-order valence-electron chi connectivity index (χ0n) is 20.0. The number of para-hydroxylation sites is 1. The number of benzene rings is 1. The fraction of sp³-hybridized carbons (Fsp3) is 0.560. The van der Waals surface area contributed by atoms with Crippen LogP contribution < -0.4 is 0 Å². The van der Waals surface area contributed by atoms with Gasteiger partial charge in [-0.3, -0.25) is 14.6 Å². The van der Waals surface area contributed by atoms with E-state index in [9.17, 15) is 4.79 Å². The molecule has 2 aliphatic rings. The van der Waals surface area contributed by atoms with Gasteiger partial charge in [0.25, 0.3) is 0 Å². The van der Waals surface area contributed by atoms with Crippen molar-refractivity contribution in [3.05, 3.63) is 47.4 Å². The molecule has 2 aliphatic heterocycles. The Hall–Kier alpha value is -2.04. The van der Waals surface area contributed by atoms with E-state index in [0.29, 0.717) is 19.1 Å². The molecule has 8 nitrogen and oxygen atoms in total. The Bertz CT molecular complexity index is 1130. The quantitative estimate of drug-likeness (QED) is 0.331. The lowest BCUT2D eigenvalue weighted by Gasteiger charge is -2.33. The van der Waals surface area contributed by atoms with E-state index in [0.717, 1.165) is 62.9 Å². The first kappa shape index (κ1) is 24.6. The first-order chi connectivity index (χ1) is 17.1. The number of aromatic nitrogens is 3. The van der Waals surface area contributed by atoms with E-state index in [1.807, 2.05) is 6.92 Å². The highest BCUT2D eigenvalue weighted by Crippen LogP contribution is 2.37. The lowest BCUT2D eigenvalue weighted by Crippen LogP contribution is -2.47. The number of carbonyl (C=O) groups is 1. The Kier molecular flexibility index (Phi) is 7.99. The van der Waals surface area contributed by atoms with E-state index >= 15 is 0 Å². The summed E-state index contributed by atoms with van der Waals surface area (Å²) in [4.78, 5) is 21.0. The van der Waals surface area contributed by atoms with Crippen molar-refractivity contribution < 1.29 is 14.3 Å². The lowest BCUT2D eigenvalue weighted by atomic mass is 9.95. The first-order valence-corrected chi connectivity index (χ1v) is 13.5. The number of alkyl halides is 1. The minimum atomic E-state index is -0.333. The van der Waals surface area contributed by atoms with Crippen molar-refractivity contribution in [2.24, 2.45) is 5.92 Å². The van der Waals surface area contributed by atoms with Crippen LogP contribution in [0.3, 0.4) is 0 Å². The summed E-state index contributed by atoms with van der Waals surface area (Å²) in [6.07, 6.45) is 3.66. The molecule has 0 spiro atoms. The molecule has 10 heteroatoms. The summed E-state index contributed by atoms with van der Waals surface area (Å²) >= 11 is 7.96. The maximum absolute atomic E-state index is 11.7. The maximum atomic E-state index is 11.7. The zero-order valence-corrected chi connectivity index (χ0v) is 21.6. The van der Waals surface area contributed by atoms with Gasteiger partial charge in [-0.25, -0.2) is 4.98 Å². The SMILES string of the molecule is CCOC(=O)CN1CCN(Cc2nc(C3CC(Cn4ccc5ccccc54)CC(Cl)O3)ns2)CC1. The van der Waals surface area contributed by atoms with Crippen LogP contribution in [-0.4, -0.2) is 74.6 Å². The zero-order chi connectivity index (χ0) is 24.2. The number of fused-ring (bicyclic) bond motifs is 1. The van der Waals surface area contributed by atoms with Crippen LogP contribution in [0, 0.1) is 5.92 Å². The molecule has 1 aromatic carbocycles. The summed E-state index contributed by atoms with van der Waals surface area (Å²) in [5.74, 6) is 0.994. The largest absolute Gasteiger partial charge is 0.465 e. The van der Waals surface area contributed by atoms with Crippen LogP contribution in [0.1, 0.15) is 36.7 Å². The van der Waals surface area contributed by atoms with Crippen LogP contribution in [0.15, 0.2) is 36.5 Å². The van der Waals surface area contributed by atoms with Crippen LogP contribution >= 0.6 is 23.1 Å². The van der Waals surface area contributed by atoms with E-state index in [1.54, 1.807) is 0 Å². The summed E-state index contributed by atoms with van der Waals surface area (Å²) in [6, 6.07) is 10.6. The molecule has 35 heavy (non-hydrogen) atoms. The van der Waals surface area contributed by atoms with Crippen molar-refractivity contribution in [1.82, 2.24) is 23.7 Å². The van der Waals surface area contributed by atoms with Crippen LogP contribution in [-0.2, 0) is 27.4 Å². The van der Waals surface area contributed by atoms with E-state index in [2.05, 4.69) is 55.3 Å². The number of rotatable bonds is 8. The van der Waals surface area contributed by atoms with Crippen molar-refractivity contribution in [2.45, 2.75) is 44.5 Å². The molecule has 0 saturated carbocycles. The molecule has 2 saturated heterocycles. The van der Waals surface area contributed by atoms with E-state index in [1.165, 1.54) is 22.4 Å². The summed E-state index contributed by atoms with van der Waals surface area (Å²) in [6.45, 7) is 7.78. The molecular weight excluding hydrogens is 486 g/mol. The van der Waals surface area contributed by atoms with Crippen molar-refractivity contribution in [3.63, 3.8) is 0 Å². The molecule has 2 fully saturated rings. The minimum absolute atomic E-state index is 0.150. The van der Waals surface area contributed by atoms with E-state index in [4.69, 9.17) is 26.1 Å². The molecule has 2 aromatic heterocycles. The fourth-order valence-corrected chi connectivity index (χ4v) is 6.10. The second kappa shape index (κ2) is 11.3. The Morgan fingerprint density at radius 2 is 1.97 bits per heavy atom. The summed E-state index contributed by atoms with van der Waals surface area (Å²) in [5, 5.41) is 2.25. The average molecular weight is 518 g/mol. The lowest BCUT2D eigenvalue weighted by molar-refractivity contribution is -0.144. The number of carbonyl (C=O) groups excluding carboxylic acids is 1. The number of esters is 1. The maximum Gasteiger partial charge on any atom is 0.320 e. The molecule has 188 valence electrons.